The van der Waals surface area contributed by atoms with E-state index < -0.39 is 11.1 Å². The number of rotatable bonds is 2. The third-order valence-electron chi connectivity index (χ3n) is 4.98. The maximum Gasteiger partial charge on any atom is 0.295 e. The van der Waals surface area contributed by atoms with Crippen LogP contribution in [0.15, 0.2) is 56.5 Å². The van der Waals surface area contributed by atoms with Crippen molar-refractivity contribution in [2.24, 2.45) is 0 Å². The van der Waals surface area contributed by atoms with Crippen LogP contribution in [0.2, 0.25) is 5.02 Å². The summed E-state index contributed by atoms with van der Waals surface area (Å²) in [6, 6.07) is 12.7. The van der Waals surface area contributed by atoms with Crippen molar-refractivity contribution in [2.75, 3.05) is 4.90 Å². The number of hydrogen-bond acceptors (Lipinski definition) is 6. The fraction of sp³-hybridized carbons (Fsp3) is 0.0952. The maximum absolute atomic E-state index is 13.5. The van der Waals surface area contributed by atoms with Crippen LogP contribution in [0.25, 0.3) is 10.5 Å². The van der Waals surface area contributed by atoms with Crippen LogP contribution < -0.4 is 20.6 Å². The Kier molecular flexibility index (Phi) is 4.76. The van der Waals surface area contributed by atoms with Crippen LogP contribution in [0.5, 0.6) is 0 Å². The lowest BCUT2D eigenvalue weighted by Gasteiger charge is -2.17. The van der Waals surface area contributed by atoms with Gasteiger partial charge in [-0.05, 0) is 42.8 Å². The number of halogens is 2. The number of benzene rings is 2. The molecular weight excluding hydrogens is 504 g/mol. The smallest absolute Gasteiger partial charge is 0.295 e. The van der Waals surface area contributed by atoms with Crippen molar-refractivity contribution in [1.29, 1.82) is 0 Å². The molecule has 1 aliphatic heterocycles. The molecule has 154 valence electrons. The van der Waals surface area contributed by atoms with Crippen LogP contribution >= 0.6 is 38.9 Å². The third kappa shape index (κ3) is 3.29. The van der Waals surface area contributed by atoms with Crippen molar-refractivity contribution in [3.05, 3.63) is 94.0 Å². The first-order chi connectivity index (χ1) is 14.8. The molecule has 0 unspecified atom stereocenters. The van der Waals surface area contributed by atoms with Crippen LogP contribution in [-0.2, 0) is 11.3 Å². The number of hydrogen-bond donors (Lipinski definition) is 0. The summed E-state index contributed by atoms with van der Waals surface area (Å²) in [5, 5.41) is 4.65. The van der Waals surface area contributed by atoms with Gasteiger partial charge in [-0.2, -0.15) is 14.6 Å². The summed E-state index contributed by atoms with van der Waals surface area (Å²) in [6.07, 6.45) is 0. The van der Waals surface area contributed by atoms with Gasteiger partial charge in [0.1, 0.15) is 10.2 Å². The van der Waals surface area contributed by atoms with Gasteiger partial charge in [0, 0.05) is 15.1 Å². The molecule has 0 radical (unpaired) electrons. The average molecular weight is 516 g/mol. The molecule has 0 bridgehead atoms. The third-order valence-corrected chi connectivity index (χ3v) is 6.75. The predicted molar refractivity (Wildman–Crippen MR) is 123 cm³/mol. The monoisotopic (exact) mass is 514 g/mol. The van der Waals surface area contributed by atoms with Gasteiger partial charge in [0.25, 0.3) is 17.0 Å². The van der Waals surface area contributed by atoms with Crippen LogP contribution in [0.1, 0.15) is 16.8 Å². The highest BCUT2D eigenvalue weighted by Crippen LogP contribution is 2.38. The minimum atomic E-state index is -0.497. The van der Waals surface area contributed by atoms with E-state index in [1.165, 1.54) is 6.92 Å². The minimum Gasteiger partial charge on any atom is -0.303 e. The van der Waals surface area contributed by atoms with E-state index in [1.54, 1.807) is 17.0 Å². The van der Waals surface area contributed by atoms with E-state index in [9.17, 15) is 14.4 Å². The fourth-order valence-corrected chi connectivity index (χ4v) is 4.97. The molecule has 4 aromatic rings. The van der Waals surface area contributed by atoms with Gasteiger partial charge in [-0.3, -0.25) is 14.4 Å². The quantitative estimate of drug-likeness (QED) is 0.410. The van der Waals surface area contributed by atoms with Crippen molar-refractivity contribution in [3.63, 3.8) is 0 Å². The van der Waals surface area contributed by atoms with E-state index in [0.29, 0.717) is 22.8 Å². The zero-order chi connectivity index (χ0) is 21.9. The summed E-state index contributed by atoms with van der Waals surface area (Å²) in [7, 11) is 0. The molecular formula is C21H12BrClN4O3S. The first kappa shape index (κ1) is 20.0. The van der Waals surface area contributed by atoms with E-state index in [4.69, 9.17) is 11.6 Å². The Bertz CT molecular complexity index is 1560. The average Bonchev–Trinajstić information content (AvgIpc) is 3.17. The number of thiazole rings is 1. The molecule has 5 rings (SSSR count). The summed E-state index contributed by atoms with van der Waals surface area (Å²) in [5.41, 5.74) is 1.65. The lowest BCUT2D eigenvalue weighted by molar-refractivity contribution is -0.113. The highest BCUT2D eigenvalue weighted by molar-refractivity contribution is 9.10. The Morgan fingerprint density at radius 2 is 1.84 bits per heavy atom. The van der Waals surface area contributed by atoms with Crippen LogP contribution in [0, 0.1) is 6.92 Å². The molecule has 10 heteroatoms. The lowest BCUT2D eigenvalue weighted by atomic mass is 10.1. The Morgan fingerprint density at radius 1 is 1.10 bits per heavy atom. The number of fused-ring (bicyclic) bond motifs is 2. The Balaban J connectivity index is 1.76. The molecule has 0 spiro atoms. The number of aromatic nitrogens is 3. The second-order valence-electron chi connectivity index (χ2n) is 6.99. The Morgan fingerprint density at radius 3 is 2.58 bits per heavy atom. The van der Waals surface area contributed by atoms with Crippen LogP contribution in [0.3, 0.4) is 0 Å². The predicted octanol–water partition coefficient (Wildman–Crippen LogP) is 2.70. The number of anilines is 1. The van der Waals surface area contributed by atoms with Gasteiger partial charge >= 0.3 is 0 Å². The van der Waals surface area contributed by atoms with Crippen molar-refractivity contribution in [2.45, 2.75) is 13.5 Å². The standard InChI is InChI=1S/C21H12BrClN4O3S/c1-10-18(28)24-21-27(25-10)20(30)17(31-21)16-14-8-12(22)4-7-15(14)26(19(16)29)9-11-2-5-13(23)6-3-11/h2-8H,9H2,1H3. The first-order valence-electron chi connectivity index (χ1n) is 9.14. The fourth-order valence-electron chi connectivity index (χ4n) is 3.49. The number of aryl methyl sites for hydroxylation is 1. The molecule has 0 atom stereocenters. The second kappa shape index (κ2) is 7.37. The Labute approximate surface area is 192 Å². The van der Waals surface area contributed by atoms with Crippen molar-refractivity contribution >= 4 is 61.0 Å². The topological polar surface area (TPSA) is 84.6 Å². The van der Waals surface area contributed by atoms with Crippen LogP contribution in [-0.4, -0.2) is 20.5 Å². The van der Waals surface area contributed by atoms with Crippen molar-refractivity contribution in [1.82, 2.24) is 14.6 Å². The van der Waals surface area contributed by atoms with E-state index in [-0.39, 0.29) is 26.7 Å². The molecule has 1 aliphatic rings. The highest BCUT2D eigenvalue weighted by atomic mass is 79.9. The maximum atomic E-state index is 13.5. The number of carbonyl (C=O) groups is 1. The van der Waals surface area contributed by atoms with Gasteiger partial charge in [0.05, 0.1) is 17.8 Å². The van der Waals surface area contributed by atoms with E-state index in [0.717, 1.165) is 25.9 Å². The summed E-state index contributed by atoms with van der Waals surface area (Å²) >= 11 is 10.4. The molecule has 1 amide bonds. The summed E-state index contributed by atoms with van der Waals surface area (Å²) in [4.78, 5) is 44.2. The summed E-state index contributed by atoms with van der Waals surface area (Å²) in [6.45, 7) is 1.81. The minimum absolute atomic E-state index is 0.120. The van der Waals surface area contributed by atoms with E-state index in [1.807, 2.05) is 30.3 Å². The number of nitrogens with zero attached hydrogens (tertiary/aromatic N) is 4. The lowest BCUT2D eigenvalue weighted by Crippen LogP contribution is -2.33. The van der Waals surface area contributed by atoms with Gasteiger partial charge < -0.3 is 4.90 Å². The second-order valence-corrected chi connectivity index (χ2v) is 9.32. The largest absolute Gasteiger partial charge is 0.303 e. The SMILES string of the molecule is Cc1nn2c(=O)c(=C3C(=O)N(Cc4ccc(Cl)cc4)c4ccc(Br)cc43)sc2nc1=O. The van der Waals surface area contributed by atoms with Crippen molar-refractivity contribution < 1.29 is 4.79 Å². The van der Waals surface area contributed by atoms with Gasteiger partial charge in [-0.25, -0.2) is 0 Å². The normalized spacial score (nSPS) is 15.1. The van der Waals surface area contributed by atoms with Gasteiger partial charge in [-0.1, -0.05) is 51.0 Å². The Hall–Kier alpha value is -2.88. The molecule has 2 aromatic carbocycles. The molecule has 0 N–H and O–H groups in total. The van der Waals surface area contributed by atoms with Gasteiger partial charge in [0.2, 0.25) is 4.96 Å². The summed E-state index contributed by atoms with van der Waals surface area (Å²) < 4.78 is 2.06. The molecule has 31 heavy (non-hydrogen) atoms. The number of carbonyl (C=O) groups excluding carboxylic acids is 1. The van der Waals surface area contributed by atoms with E-state index in [2.05, 4.69) is 26.0 Å². The molecule has 0 saturated heterocycles. The zero-order valence-electron chi connectivity index (χ0n) is 15.9. The summed E-state index contributed by atoms with van der Waals surface area (Å²) in [5.74, 6) is -0.300. The van der Waals surface area contributed by atoms with Crippen LogP contribution in [0.4, 0.5) is 5.69 Å². The zero-order valence-corrected chi connectivity index (χ0v) is 19.1. The van der Waals surface area contributed by atoms with Gasteiger partial charge in [-0.15, -0.1) is 0 Å². The molecule has 0 saturated carbocycles. The molecule has 2 aromatic heterocycles. The molecule has 0 fully saturated rings. The molecule has 7 nitrogen and oxygen atoms in total. The van der Waals surface area contributed by atoms with Crippen molar-refractivity contribution in [3.8, 4) is 0 Å². The first-order valence-corrected chi connectivity index (χ1v) is 11.1. The molecule has 3 heterocycles. The van der Waals surface area contributed by atoms with E-state index >= 15 is 0 Å². The number of amides is 1. The van der Waals surface area contributed by atoms with Gasteiger partial charge in [0.15, 0.2) is 0 Å². The highest BCUT2D eigenvalue weighted by Gasteiger charge is 2.34. The molecule has 0 aliphatic carbocycles.